The van der Waals surface area contributed by atoms with Crippen molar-refractivity contribution in [3.8, 4) is 6.07 Å². The number of benzene rings is 2. The molecule has 26 heavy (non-hydrogen) atoms. The van der Waals surface area contributed by atoms with Crippen molar-refractivity contribution in [2.45, 2.75) is 13.0 Å². The molecule has 1 aliphatic rings. The van der Waals surface area contributed by atoms with Gasteiger partial charge in [-0.25, -0.2) is 0 Å². The molecule has 2 aromatic rings. The second-order valence-corrected chi connectivity index (χ2v) is 6.00. The lowest BCUT2D eigenvalue weighted by Crippen LogP contribution is -2.43. The van der Waals surface area contributed by atoms with Crippen LogP contribution in [-0.2, 0) is 6.54 Å². The van der Waals surface area contributed by atoms with Gasteiger partial charge >= 0.3 is 0 Å². The Morgan fingerprint density at radius 1 is 1.15 bits per heavy atom. The van der Waals surface area contributed by atoms with Crippen molar-refractivity contribution < 1.29 is 0 Å². The second-order valence-electron chi connectivity index (χ2n) is 6.00. The Labute approximate surface area is 172 Å². The van der Waals surface area contributed by atoms with Gasteiger partial charge < -0.3 is 10.2 Å². The first kappa shape index (κ1) is 20.0. The minimum Gasteiger partial charge on any atom is -0.352 e. The number of guanidine groups is 1. The molecule has 0 atom stereocenters. The van der Waals surface area contributed by atoms with Crippen LogP contribution >= 0.6 is 24.0 Å². The first-order chi connectivity index (χ1) is 12.3. The molecule has 0 spiro atoms. The molecule has 4 nitrogen and oxygen atoms in total. The van der Waals surface area contributed by atoms with Crippen molar-refractivity contribution >= 4 is 35.5 Å². The summed E-state index contributed by atoms with van der Waals surface area (Å²) in [5.74, 6) is 0.910. The topological polar surface area (TPSA) is 51.4 Å². The maximum atomic E-state index is 8.86. The molecule has 2 aromatic carbocycles. The molecular formula is C21H23IN4. The molecule has 134 valence electrons. The SMILES string of the molecule is CN=C(NCc1ccc(C#N)cc1)N1CC=C(c2ccccc2)CC1.I. The maximum Gasteiger partial charge on any atom is 0.194 e. The monoisotopic (exact) mass is 458 g/mol. The van der Waals surface area contributed by atoms with Crippen LogP contribution in [0.25, 0.3) is 5.57 Å². The van der Waals surface area contributed by atoms with Crippen molar-refractivity contribution in [1.29, 1.82) is 5.26 Å². The Morgan fingerprint density at radius 2 is 1.88 bits per heavy atom. The van der Waals surface area contributed by atoms with E-state index in [4.69, 9.17) is 5.26 Å². The molecule has 1 N–H and O–H groups in total. The predicted molar refractivity (Wildman–Crippen MR) is 117 cm³/mol. The molecular weight excluding hydrogens is 435 g/mol. The van der Waals surface area contributed by atoms with Crippen LogP contribution in [0.4, 0.5) is 0 Å². The fraction of sp³-hybridized carbons (Fsp3) is 0.238. The van der Waals surface area contributed by atoms with E-state index >= 15 is 0 Å². The second kappa shape index (κ2) is 9.97. The Hall–Kier alpha value is -2.33. The largest absolute Gasteiger partial charge is 0.352 e. The highest BCUT2D eigenvalue weighted by Gasteiger charge is 2.15. The van der Waals surface area contributed by atoms with Gasteiger partial charge in [-0.3, -0.25) is 4.99 Å². The number of aliphatic imine (C=N–C) groups is 1. The Bertz CT molecular complexity index is 804. The lowest BCUT2D eigenvalue weighted by Gasteiger charge is -2.29. The first-order valence-electron chi connectivity index (χ1n) is 8.49. The molecule has 1 aliphatic heterocycles. The number of nitriles is 1. The van der Waals surface area contributed by atoms with E-state index in [0.29, 0.717) is 12.1 Å². The summed E-state index contributed by atoms with van der Waals surface area (Å²) in [4.78, 5) is 6.67. The van der Waals surface area contributed by atoms with Gasteiger partial charge in [-0.2, -0.15) is 5.26 Å². The van der Waals surface area contributed by atoms with Crippen LogP contribution in [0, 0.1) is 11.3 Å². The Balaban J connectivity index is 0.00000243. The number of nitrogens with zero attached hydrogens (tertiary/aromatic N) is 3. The van der Waals surface area contributed by atoms with Gasteiger partial charge in [-0.1, -0.05) is 48.5 Å². The summed E-state index contributed by atoms with van der Waals surface area (Å²) in [6, 6.07) is 20.3. The van der Waals surface area contributed by atoms with Gasteiger partial charge in [0.1, 0.15) is 0 Å². The predicted octanol–water partition coefficient (Wildman–Crippen LogP) is 4.04. The van der Waals surface area contributed by atoms with Gasteiger partial charge in [0.25, 0.3) is 0 Å². The molecule has 1 heterocycles. The number of hydrogen-bond donors (Lipinski definition) is 1. The zero-order valence-corrected chi connectivity index (χ0v) is 17.2. The van der Waals surface area contributed by atoms with Gasteiger partial charge in [0.15, 0.2) is 5.96 Å². The number of nitrogens with one attached hydrogen (secondary N) is 1. The van der Waals surface area contributed by atoms with E-state index in [-0.39, 0.29) is 24.0 Å². The van der Waals surface area contributed by atoms with Crippen molar-refractivity contribution in [3.05, 3.63) is 77.4 Å². The molecule has 3 rings (SSSR count). The summed E-state index contributed by atoms with van der Waals surface area (Å²) in [6.07, 6.45) is 3.30. The van der Waals surface area contributed by atoms with Crippen LogP contribution in [0.1, 0.15) is 23.1 Å². The average molecular weight is 458 g/mol. The summed E-state index contributed by atoms with van der Waals surface area (Å²) in [5, 5.41) is 12.3. The van der Waals surface area contributed by atoms with E-state index < -0.39 is 0 Å². The highest BCUT2D eigenvalue weighted by atomic mass is 127. The zero-order chi connectivity index (χ0) is 17.5. The quantitative estimate of drug-likeness (QED) is 0.429. The minimum atomic E-state index is 0. The van der Waals surface area contributed by atoms with Crippen molar-refractivity contribution in [2.24, 2.45) is 4.99 Å². The minimum absolute atomic E-state index is 0. The van der Waals surface area contributed by atoms with Gasteiger partial charge in [0.2, 0.25) is 0 Å². The smallest absolute Gasteiger partial charge is 0.194 e. The Morgan fingerprint density at radius 3 is 2.46 bits per heavy atom. The van der Waals surface area contributed by atoms with Crippen LogP contribution in [0.3, 0.4) is 0 Å². The highest BCUT2D eigenvalue weighted by Crippen LogP contribution is 2.21. The van der Waals surface area contributed by atoms with Gasteiger partial charge in [-0.05, 0) is 35.3 Å². The standard InChI is InChI=1S/C21H22N4.HI/c1-23-21(24-16-18-9-7-17(15-22)8-10-18)25-13-11-20(12-14-25)19-5-3-2-4-6-19;/h2-11H,12-14,16H2,1H3,(H,23,24);1H. The van der Waals surface area contributed by atoms with Crippen molar-refractivity contribution in [3.63, 3.8) is 0 Å². The molecule has 0 saturated heterocycles. The normalized spacial score (nSPS) is 14.1. The fourth-order valence-corrected chi connectivity index (χ4v) is 2.99. The zero-order valence-electron chi connectivity index (χ0n) is 14.9. The van der Waals surface area contributed by atoms with Crippen molar-refractivity contribution in [2.75, 3.05) is 20.1 Å². The summed E-state index contributed by atoms with van der Waals surface area (Å²) < 4.78 is 0. The molecule has 0 aromatic heterocycles. The summed E-state index contributed by atoms with van der Waals surface area (Å²) >= 11 is 0. The molecule has 0 saturated carbocycles. The lowest BCUT2D eigenvalue weighted by atomic mass is 10.00. The van der Waals surface area contributed by atoms with Crippen LogP contribution in [0.2, 0.25) is 0 Å². The average Bonchev–Trinajstić information content (AvgIpc) is 2.70. The molecule has 0 fully saturated rings. The van der Waals surface area contributed by atoms with Gasteiger partial charge in [0.05, 0.1) is 11.6 Å². The molecule has 0 aliphatic carbocycles. The fourth-order valence-electron chi connectivity index (χ4n) is 2.99. The van der Waals surface area contributed by atoms with E-state index in [1.165, 1.54) is 11.1 Å². The molecule has 0 unspecified atom stereocenters. The van der Waals surface area contributed by atoms with E-state index in [2.05, 4.69) is 51.6 Å². The third-order valence-corrected chi connectivity index (χ3v) is 4.40. The van der Waals surface area contributed by atoms with E-state index in [1.54, 1.807) is 0 Å². The van der Waals surface area contributed by atoms with Crippen LogP contribution in [0.5, 0.6) is 0 Å². The third-order valence-electron chi connectivity index (χ3n) is 4.40. The summed E-state index contributed by atoms with van der Waals surface area (Å²) in [5.41, 5.74) is 4.53. The van der Waals surface area contributed by atoms with E-state index in [1.807, 2.05) is 37.4 Å². The summed E-state index contributed by atoms with van der Waals surface area (Å²) in [6.45, 7) is 2.51. The van der Waals surface area contributed by atoms with Crippen LogP contribution in [0.15, 0.2) is 65.7 Å². The molecule has 5 heteroatoms. The number of rotatable bonds is 3. The van der Waals surface area contributed by atoms with E-state index in [0.717, 1.165) is 31.0 Å². The van der Waals surface area contributed by atoms with Crippen LogP contribution in [-0.4, -0.2) is 31.0 Å². The van der Waals surface area contributed by atoms with Crippen LogP contribution < -0.4 is 5.32 Å². The highest BCUT2D eigenvalue weighted by molar-refractivity contribution is 14.0. The molecule has 0 radical (unpaired) electrons. The van der Waals surface area contributed by atoms with Gasteiger partial charge in [-0.15, -0.1) is 24.0 Å². The van der Waals surface area contributed by atoms with Crippen molar-refractivity contribution in [1.82, 2.24) is 10.2 Å². The van der Waals surface area contributed by atoms with Gasteiger partial charge in [0, 0.05) is 26.7 Å². The maximum absolute atomic E-state index is 8.86. The number of halogens is 1. The number of hydrogen-bond acceptors (Lipinski definition) is 2. The molecule has 0 amide bonds. The lowest BCUT2D eigenvalue weighted by molar-refractivity contribution is 0.440. The van der Waals surface area contributed by atoms with E-state index in [9.17, 15) is 0 Å². The first-order valence-corrected chi connectivity index (χ1v) is 8.49. The third kappa shape index (κ3) is 5.09. The molecule has 0 bridgehead atoms. The Kier molecular flexibility index (Phi) is 7.67. The summed E-state index contributed by atoms with van der Waals surface area (Å²) in [7, 11) is 1.82.